The van der Waals surface area contributed by atoms with Crippen molar-refractivity contribution in [3.05, 3.63) is 42.0 Å². The van der Waals surface area contributed by atoms with E-state index in [4.69, 9.17) is 5.73 Å². The fourth-order valence-corrected chi connectivity index (χ4v) is 2.20. The number of carbonyl (C=O) groups excluding carboxylic acids is 1. The van der Waals surface area contributed by atoms with E-state index in [1.165, 1.54) is 0 Å². The lowest BCUT2D eigenvalue weighted by Crippen LogP contribution is -2.12. The van der Waals surface area contributed by atoms with Gasteiger partial charge in [0.2, 0.25) is 0 Å². The van der Waals surface area contributed by atoms with Gasteiger partial charge in [-0.25, -0.2) is 4.98 Å². The third-order valence-corrected chi connectivity index (χ3v) is 2.97. The summed E-state index contributed by atoms with van der Waals surface area (Å²) in [4.78, 5) is 21.3. The van der Waals surface area contributed by atoms with Crippen molar-refractivity contribution in [1.82, 2.24) is 15.0 Å². The zero-order valence-electron chi connectivity index (χ0n) is 9.82. The number of para-hydroxylation sites is 1. The van der Waals surface area contributed by atoms with E-state index < -0.39 is 5.91 Å². The minimum absolute atomic E-state index is 0.176. The van der Waals surface area contributed by atoms with Crippen molar-refractivity contribution in [3.8, 4) is 11.3 Å². The van der Waals surface area contributed by atoms with Gasteiger partial charge in [0, 0.05) is 22.2 Å². The topological polar surface area (TPSA) is 87.6 Å². The number of aryl methyl sites for hydroxylation is 1. The van der Waals surface area contributed by atoms with Crippen molar-refractivity contribution < 1.29 is 4.79 Å². The zero-order valence-corrected chi connectivity index (χ0v) is 9.82. The van der Waals surface area contributed by atoms with Gasteiger partial charge in [0.15, 0.2) is 5.82 Å². The third-order valence-electron chi connectivity index (χ3n) is 2.97. The molecule has 3 aromatic rings. The molecule has 0 bridgehead atoms. The van der Waals surface area contributed by atoms with Crippen LogP contribution in [0.15, 0.2) is 30.5 Å². The molecule has 1 amide bonds. The lowest BCUT2D eigenvalue weighted by Gasteiger charge is -1.97. The van der Waals surface area contributed by atoms with Gasteiger partial charge in [-0.05, 0) is 13.0 Å². The number of nitrogens with one attached hydrogen (secondary N) is 2. The van der Waals surface area contributed by atoms with Gasteiger partial charge in [0.25, 0.3) is 5.91 Å². The van der Waals surface area contributed by atoms with Crippen LogP contribution in [0.2, 0.25) is 0 Å². The lowest BCUT2D eigenvalue weighted by molar-refractivity contribution is 0.0991. The fraction of sp³-hybridized carbons (Fsp3) is 0.0769. The van der Waals surface area contributed by atoms with Gasteiger partial charge in [-0.15, -0.1) is 0 Å². The smallest absolute Gasteiger partial charge is 0.284 e. The fourth-order valence-electron chi connectivity index (χ4n) is 2.20. The van der Waals surface area contributed by atoms with E-state index in [-0.39, 0.29) is 5.82 Å². The maximum absolute atomic E-state index is 11.1. The first-order valence-corrected chi connectivity index (χ1v) is 5.59. The van der Waals surface area contributed by atoms with Gasteiger partial charge in [-0.3, -0.25) is 4.79 Å². The SMILES string of the molecule is Cc1[nH]c2ccccc2c1-c1cnc(C(N)=O)[nH]1. The van der Waals surface area contributed by atoms with E-state index in [2.05, 4.69) is 15.0 Å². The quantitative estimate of drug-likeness (QED) is 0.639. The first kappa shape index (κ1) is 10.6. The van der Waals surface area contributed by atoms with Crippen molar-refractivity contribution in [2.75, 3.05) is 0 Å². The normalized spacial score (nSPS) is 10.9. The van der Waals surface area contributed by atoms with Gasteiger partial charge in [0.05, 0.1) is 11.9 Å². The summed E-state index contributed by atoms with van der Waals surface area (Å²) in [5, 5.41) is 1.09. The summed E-state index contributed by atoms with van der Waals surface area (Å²) in [6.07, 6.45) is 1.63. The van der Waals surface area contributed by atoms with Gasteiger partial charge < -0.3 is 15.7 Å². The first-order chi connectivity index (χ1) is 8.66. The van der Waals surface area contributed by atoms with Crippen LogP contribution >= 0.6 is 0 Å². The van der Waals surface area contributed by atoms with Crippen molar-refractivity contribution in [2.24, 2.45) is 5.73 Å². The Hall–Kier alpha value is -2.56. The molecule has 4 N–H and O–H groups in total. The number of nitrogens with zero attached hydrogens (tertiary/aromatic N) is 1. The summed E-state index contributed by atoms with van der Waals surface area (Å²) in [5.41, 5.74) is 9.08. The summed E-state index contributed by atoms with van der Waals surface area (Å²) < 4.78 is 0. The average molecular weight is 240 g/mol. The molecule has 0 atom stereocenters. The summed E-state index contributed by atoms with van der Waals surface area (Å²) in [5.74, 6) is -0.381. The van der Waals surface area contributed by atoms with Gasteiger partial charge >= 0.3 is 0 Å². The molecule has 18 heavy (non-hydrogen) atoms. The predicted octanol–water partition coefficient (Wildman–Crippen LogP) is 1.97. The summed E-state index contributed by atoms with van der Waals surface area (Å²) >= 11 is 0. The molecule has 0 aliphatic rings. The predicted molar refractivity (Wildman–Crippen MR) is 69.1 cm³/mol. The highest BCUT2D eigenvalue weighted by atomic mass is 16.1. The van der Waals surface area contributed by atoms with Gasteiger partial charge in [0.1, 0.15) is 0 Å². The molecule has 90 valence electrons. The first-order valence-electron chi connectivity index (χ1n) is 5.59. The Morgan fingerprint density at radius 1 is 1.28 bits per heavy atom. The zero-order chi connectivity index (χ0) is 12.7. The molecular weight excluding hydrogens is 228 g/mol. The van der Waals surface area contributed by atoms with Crippen LogP contribution < -0.4 is 5.73 Å². The number of hydrogen-bond donors (Lipinski definition) is 3. The molecule has 0 saturated heterocycles. The molecule has 2 aromatic heterocycles. The highest BCUT2D eigenvalue weighted by Crippen LogP contribution is 2.30. The van der Waals surface area contributed by atoms with Crippen molar-refractivity contribution in [1.29, 1.82) is 0 Å². The maximum atomic E-state index is 11.1. The molecule has 1 aromatic carbocycles. The molecule has 5 heteroatoms. The lowest BCUT2D eigenvalue weighted by atomic mass is 10.1. The van der Waals surface area contributed by atoms with Crippen LogP contribution in [-0.4, -0.2) is 20.9 Å². The highest BCUT2D eigenvalue weighted by molar-refractivity contribution is 5.97. The number of aromatic amines is 2. The molecule has 0 spiro atoms. The number of carbonyl (C=O) groups is 1. The molecular formula is C13H12N4O. The number of rotatable bonds is 2. The number of hydrogen-bond acceptors (Lipinski definition) is 2. The van der Waals surface area contributed by atoms with E-state index in [9.17, 15) is 4.79 Å². The van der Waals surface area contributed by atoms with Crippen LogP contribution in [0.3, 0.4) is 0 Å². The van der Waals surface area contributed by atoms with Crippen LogP contribution in [0.1, 0.15) is 16.3 Å². The standard InChI is InChI=1S/C13H12N4O/c1-7-11(8-4-2-3-5-9(8)16-7)10-6-15-13(17-10)12(14)18/h2-6,16H,1H3,(H2,14,18)(H,15,17). The highest BCUT2D eigenvalue weighted by Gasteiger charge is 2.13. The number of aromatic nitrogens is 3. The van der Waals surface area contributed by atoms with Crippen LogP contribution in [0.25, 0.3) is 22.2 Å². The molecule has 2 heterocycles. The van der Waals surface area contributed by atoms with E-state index in [1.807, 2.05) is 31.2 Å². The molecule has 0 saturated carbocycles. The Labute approximate surface area is 103 Å². The molecule has 0 radical (unpaired) electrons. The largest absolute Gasteiger partial charge is 0.363 e. The molecule has 0 aliphatic carbocycles. The number of imidazole rings is 1. The number of amides is 1. The second-order valence-corrected chi connectivity index (χ2v) is 4.18. The Bertz CT molecular complexity index is 738. The Kier molecular flexibility index (Phi) is 2.19. The minimum Gasteiger partial charge on any atom is -0.363 e. The van der Waals surface area contributed by atoms with Crippen molar-refractivity contribution in [2.45, 2.75) is 6.92 Å². The van der Waals surface area contributed by atoms with E-state index >= 15 is 0 Å². The van der Waals surface area contributed by atoms with Crippen LogP contribution in [-0.2, 0) is 0 Å². The monoisotopic (exact) mass is 240 g/mol. The van der Waals surface area contributed by atoms with E-state index in [0.717, 1.165) is 27.9 Å². The molecule has 0 fully saturated rings. The van der Waals surface area contributed by atoms with Gasteiger partial charge in [-0.2, -0.15) is 0 Å². The Balaban J connectivity index is 2.24. The number of H-pyrrole nitrogens is 2. The molecule has 0 unspecified atom stereocenters. The number of benzene rings is 1. The number of primary amides is 1. The van der Waals surface area contributed by atoms with Gasteiger partial charge in [-0.1, -0.05) is 18.2 Å². The summed E-state index contributed by atoms with van der Waals surface area (Å²) in [7, 11) is 0. The van der Waals surface area contributed by atoms with Crippen molar-refractivity contribution >= 4 is 16.8 Å². The second kappa shape index (κ2) is 3.73. The van der Waals surface area contributed by atoms with Crippen LogP contribution in [0.5, 0.6) is 0 Å². The average Bonchev–Trinajstić information content (AvgIpc) is 2.91. The molecule has 5 nitrogen and oxygen atoms in total. The maximum Gasteiger partial charge on any atom is 0.284 e. The molecule has 3 rings (SSSR count). The summed E-state index contributed by atoms with van der Waals surface area (Å²) in [6, 6.07) is 7.99. The van der Waals surface area contributed by atoms with Crippen molar-refractivity contribution in [3.63, 3.8) is 0 Å². The number of fused-ring (bicyclic) bond motifs is 1. The van der Waals surface area contributed by atoms with E-state index in [0.29, 0.717) is 0 Å². The van der Waals surface area contributed by atoms with Crippen LogP contribution in [0, 0.1) is 6.92 Å². The van der Waals surface area contributed by atoms with E-state index in [1.54, 1.807) is 6.20 Å². The Morgan fingerprint density at radius 2 is 2.06 bits per heavy atom. The number of nitrogens with two attached hydrogens (primary N) is 1. The van der Waals surface area contributed by atoms with Crippen LogP contribution in [0.4, 0.5) is 0 Å². The minimum atomic E-state index is -0.557. The summed E-state index contributed by atoms with van der Waals surface area (Å²) in [6.45, 7) is 1.99. The molecule has 0 aliphatic heterocycles. The Morgan fingerprint density at radius 3 is 2.78 bits per heavy atom. The second-order valence-electron chi connectivity index (χ2n) is 4.18. The third kappa shape index (κ3) is 1.48.